The van der Waals surface area contributed by atoms with Gasteiger partial charge in [-0.3, -0.25) is 4.79 Å². The van der Waals surface area contributed by atoms with Crippen molar-refractivity contribution in [3.05, 3.63) is 0 Å². The topological polar surface area (TPSA) is 103 Å². The Labute approximate surface area is 76.0 Å². The van der Waals surface area contributed by atoms with Crippen LogP contribution in [0.15, 0.2) is 0 Å². The molecule has 0 atom stereocenters. The number of hydrogen-bond donors (Lipinski definition) is 2. The quantitative estimate of drug-likeness (QED) is 0.541. The molecule has 5 nitrogen and oxygen atoms in total. The van der Waals surface area contributed by atoms with Crippen molar-refractivity contribution in [1.29, 1.82) is 0 Å². The minimum absolute atomic E-state index is 0.0882. The third-order valence-electron chi connectivity index (χ3n) is 1.02. The first kappa shape index (κ1) is 11.3. The Balaban J connectivity index is 4.06. The number of hydrogen-bond acceptors (Lipinski definition) is 4. The van der Waals surface area contributed by atoms with Crippen LogP contribution >= 0.6 is 12.2 Å². The Morgan fingerprint density at radius 1 is 1.33 bits per heavy atom. The highest BCUT2D eigenvalue weighted by molar-refractivity contribution is 7.92. The first-order valence-corrected chi connectivity index (χ1v) is 5.33. The molecule has 0 radical (unpaired) electrons. The number of amides is 1. The van der Waals surface area contributed by atoms with Crippen molar-refractivity contribution in [1.82, 2.24) is 0 Å². The highest BCUT2D eigenvalue weighted by atomic mass is 32.2. The van der Waals surface area contributed by atoms with Gasteiger partial charge in [-0.15, -0.1) is 0 Å². The molecule has 0 bridgehead atoms. The first-order valence-electron chi connectivity index (χ1n) is 3.10. The standard InChI is InChI=1S/C5H10N2O3S2/c6-4(8)3-12(9,10)2-1-5(7)11/h1-3H2,(H2,6,8)(H2,7,11). The van der Waals surface area contributed by atoms with Gasteiger partial charge in [-0.25, -0.2) is 8.42 Å². The molecule has 1 amide bonds. The molecular weight excluding hydrogens is 200 g/mol. The number of carbonyl (C=O) groups excluding carboxylic acids is 1. The van der Waals surface area contributed by atoms with Crippen molar-refractivity contribution in [2.75, 3.05) is 11.5 Å². The van der Waals surface area contributed by atoms with E-state index >= 15 is 0 Å². The lowest BCUT2D eigenvalue weighted by atomic mass is 10.5. The Morgan fingerprint density at radius 3 is 2.17 bits per heavy atom. The molecule has 0 unspecified atom stereocenters. The molecule has 0 rings (SSSR count). The summed E-state index contributed by atoms with van der Waals surface area (Å²) in [6, 6.07) is 0. The average molecular weight is 210 g/mol. The van der Waals surface area contributed by atoms with Gasteiger partial charge in [0.1, 0.15) is 5.75 Å². The number of rotatable bonds is 5. The number of primary amides is 1. The van der Waals surface area contributed by atoms with Gasteiger partial charge >= 0.3 is 0 Å². The molecule has 12 heavy (non-hydrogen) atoms. The van der Waals surface area contributed by atoms with Crippen LogP contribution in [0.3, 0.4) is 0 Å². The lowest BCUT2D eigenvalue weighted by Crippen LogP contribution is -2.26. The summed E-state index contributed by atoms with van der Waals surface area (Å²) in [5, 5.41) is 0. The normalized spacial score (nSPS) is 11.0. The maximum Gasteiger partial charge on any atom is 0.232 e. The maximum atomic E-state index is 10.9. The van der Waals surface area contributed by atoms with Gasteiger partial charge in [0.05, 0.1) is 10.7 Å². The summed E-state index contributed by atoms with van der Waals surface area (Å²) in [4.78, 5) is 10.4. The summed E-state index contributed by atoms with van der Waals surface area (Å²) in [6.07, 6.45) is 0.0882. The van der Waals surface area contributed by atoms with Crippen molar-refractivity contribution in [3.8, 4) is 0 Å². The highest BCUT2D eigenvalue weighted by Crippen LogP contribution is 1.93. The van der Waals surface area contributed by atoms with Crippen LogP contribution in [0.1, 0.15) is 6.42 Å². The van der Waals surface area contributed by atoms with Crippen LogP contribution in [0.5, 0.6) is 0 Å². The van der Waals surface area contributed by atoms with E-state index in [-0.39, 0.29) is 17.2 Å². The van der Waals surface area contributed by atoms with E-state index in [1.807, 2.05) is 0 Å². The number of carbonyl (C=O) groups is 1. The summed E-state index contributed by atoms with van der Waals surface area (Å²) < 4.78 is 21.9. The zero-order chi connectivity index (χ0) is 9.78. The SMILES string of the molecule is NC(=O)CS(=O)(=O)CCC(N)=S. The van der Waals surface area contributed by atoms with E-state index in [9.17, 15) is 13.2 Å². The lowest BCUT2D eigenvalue weighted by Gasteiger charge is -1.99. The van der Waals surface area contributed by atoms with E-state index in [1.54, 1.807) is 0 Å². The summed E-state index contributed by atoms with van der Waals surface area (Å²) in [7, 11) is -3.42. The van der Waals surface area contributed by atoms with Crippen molar-refractivity contribution in [2.45, 2.75) is 6.42 Å². The van der Waals surface area contributed by atoms with Crippen molar-refractivity contribution >= 4 is 33.0 Å². The molecule has 70 valence electrons. The monoisotopic (exact) mass is 210 g/mol. The van der Waals surface area contributed by atoms with Crippen LogP contribution in [-0.2, 0) is 14.6 Å². The van der Waals surface area contributed by atoms with Crippen LogP contribution in [0.2, 0.25) is 0 Å². The summed E-state index contributed by atoms with van der Waals surface area (Å²) in [5.41, 5.74) is 9.78. The van der Waals surface area contributed by atoms with E-state index < -0.39 is 21.5 Å². The fourth-order valence-electron chi connectivity index (χ4n) is 0.545. The van der Waals surface area contributed by atoms with Gasteiger partial charge in [0, 0.05) is 6.42 Å². The average Bonchev–Trinajstić information content (AvgIpc) is 1.81. The molecule has 0 saturated carbocycles. The second kappa shape index (κ2) is 4.36. The van der Waals surface area contributed by atoms with Crippen LogP contribution in [0.25, 0.3) is 0 Å². The molecule has 0 saturated heterocycles. The third-order valence-corrected chi connectivity index (χ3v) is 2.78. The van der Waals surface area contributed by atoms with Crippen LogP contribution in [-0.4, -0.2) is 30.8 Å². The van der Waals surface area contributed by atoms with Crippen molar-refractivity contribution in [2.24, 2.45) is 11.5 Å². The number of sulfone groups is 1. The molecule has 4 N–H and O–H groups in total. The predicted octanol–water partition coefficient (Wildman–Crippen LogP) is -1.44. The second-order valence-corrected chi connectivity index (χ2v) is 4.98. The third kappa shape index (κ3) is 6.05. The van der Waals surface area contributed by atoms with Gasteiger partial charge < -0.3 is 11.5 Å². The summed E-state index contributed by atoms with van der Waals surface area (Å²) in [5.74, 6) is -1.72. The van der Waals surface area contributed by atoms with Crippen LogP contribution in [0, 0.1) is 0 Å². The molecule has 0 aliphatic heterocycles. The van der Waals surface area contributed by atoms with Gasteiger partial charge in [-0.05, 0) is 0 Å². The molecular formula is C5H10N2O3S2. The molecule has 0 aromatic heterocycles. The van der Waals surface area contributed by atoms with Gasteiger partial charge in [-0.2, -0.15) is 0 Å². The van der Waals surface area contributed by atoms with Gasteiger partial charge in [0.15, 0.2) is 9.84 Å². The summed E-state index contributed by atoms with van der Waals surface area (Å²) >= 11 is 4.47. The van der Waals surface area contributed by atoms with Gasteiger partial charge in [0.25, 0.3) is 0 Å². The maximum absolute atomic E-state index is 10.9. The zero-order valence-corrected chi connectivity index (χ0v) is 7.95. The largest absolute Gasteiger partial charge is 0.393 e. The Morgan fingerprint density at radius 2 is 1.83 bits per heavy atom. The van der Waals surface area contributed by atoms with E-state index in [0.717, 1.165) is 0 Å². The minimum Gasteiger partial charge on any atom is -0.393 e. The Kier molecular flexibility index (Phi) is 4.11. The first-order chi connectivity index (χ1) is 5.33. The summed E-state index contributed by atoms with van der Waals surface area (Å²) in [6.45, 7) is 0. The molecule has 0 spiro atoms. The molecule has 7 heteroatoms. The molecule has 0 fully saturated rings. The Hall–Kier alpha value is -0.690. The molecule has 0 aromatic carbocycles. The number of nitrogens with two attached hydrogens (primary N) is 2. The van der Waals surface area contributed by atoms with E-state index in [1.165, 1.54) is 0 Å². The smallest absolute Gasteiger partial charge is 0.232 e. The molecule has 0 aliphatic rings. The highest BCUT2D eigenvalue weighted by Gasteiger charge is 2.14. The van der Waals surface area contributed by atoms with Crippen LogP contribution < -0.4 is 11.5 Å². The molecule has 0 aliphatic carbocycles. The van der Waals surface area contributed by atoms with E-state index in [2.05, 4.69) is 12.2 Å². The Bertz CT molecular complexity index is 283. The lowest BCUT2D eigenvalue weighted by molar-refractivity contribution is -0.115. The zero-order valence-electron chi connectivity index (χ0n) is 6.32. The van der Waals surface area contributed by atoms with Crippen molar-refractivity contribution in [3.63, 3.8) is 0 Å². The van der Waals surface area contributed by atoms with E-state index in [4.69, 9.17) is 11.5 Å². The number of thiocarbonyl (C=S) groups is 1. The van der Waals surface area contributed by atoms with E-state index in [0.29, 0.717) is 0 Å². The van der Waals surface area contributed by atoms with Gasteiger partial charge in [0.2, 0.25) is 5.91 Å². The molecule has 0 heterocycles. The van der Waals surface area contributed by atoms with Crippen molar-refractivity contribution < 1.29 is 13.2 Å². The second-order valence-electron chi connectivity index (χ2n) is 2.27. The minimum atomic E-state index is -3.42. The van der Waals surface area contributed by atoms with Gasteiger partial charge in [-0.1, -0.05) is 12.2 Å². The molecule has 0 aromatic rings. The fourth-order valence-corrected chi connectivity index (χ4v) is 1.89. The van der Waals surface area contributed by atoms with Crippen LogP contribution in [0.4, 0.5) is 0 Å². The fraction of sp³-hybridized carbons (Fsp3) is 0.600. The predicted molar refractivity (Wildman–Crippen MR) is 49.3 cm³/mol.